The first kappa shape index (κ1) is 13.4. The fraction of sp³-hybridized carbons (Fsp3) is 0.818. The summed E-state index contributed by atoms with van der Waals surface area (Å²) in [5.74, 6) is 1.01. The van der Waals surface area contributed by atoms with Gasteiger partial charge in [-0.15, -0.1) is 0 Å². The second kappa shape index (κ2) is 6.24. The zero-order valence-electron chi connectivity index (χ0n) is 10.6. The minimum Gasteiger partial charge on any atom is -0.381 e. The number of ether oxygens (including phenoxy) is 3. The standard InChI is InChI=1S/C11H19N3O4/c1-15-11(2-5-16-6-3-11)10-13-9(18-14-10)8-17-7-4-12/h2-8,12H2,1H3. The van der Waals surface area contributed by atoms with Crippen molar-refractivity contribution in [2.45, 2.75) is 25.0 Å². The molecule has 0 radical (unpaired) electrons. The zero-order chi connectivity index (χ0) is 12.8. The van der Waals surface area contributed by atoms with Crippen LogP contribution in [0.5, 0.6) is 0 Å². The van der Waals surface area contributed by atoms with Crippen molar-refractivity contribution in [1.82, 2.24) is 10.1 Å². The fourth-order valence-corrected chi connectivity index (χ4v) is 1.96. The molecule has 0 aliphatic carbocycles. The van der Waals surface area contributed by atoms with E-state index in [9.17, 15) is 0 Å². The molecule has 1 aliphatic heterocycles. The number of hydrogen-bond donors (Lipinski definition) is 1. The zero-order valence-corrected chi connectivity index (χ0v) is 10.6. The Kier molecular flexibility index (Phi) is 4.65. The maximum Gasteiger partial charge on any atom is 0.252 e. The second-order valence-corrected chi connectivity index (χ2v) is 4.16. The Labute approximate surface area is 106 Å². The lowest BCUT2D eigenvalue weighted by molar-refractivity contribution is -0.101. The molecule has 0 unspecified atom stereocenters. The van der Waals surface area contributed by atoms with Crippen LogP contribution >= 0.6 is 0 Å². The van der Waals surface area contributed by atoms with Gasteiger partial charge in [0.1, 0.15) is 12.2 Å². The highest BCUT2D eigenvalue weighted by Crippen LogP contribution is 2.33. The van der Waals surface area contributed by atoms with Gasteiger partial charge in [0, 0.05) is 39.7 Å². The SMILES string of the molecule is COC1(c2noc(COCCN)n2)CCOCC1. The van der Waals surface area contributed by atoms with E-state index in [1.165, 1.54) is 0 Å². The molecule has 1 aromatic rings. The van der Waals surface area contributed by atoms with E-state index in [4.69, 9.17) is 24.5 Å². The molecule has 1 fully saturated rings. The Morgan fingerprint density at radius 1 is 1.39 bits per heavy atom. The summed E-state index contributed by atoms with van der Waals surface area (Å²) in [4.78, 5) is 4.32. The molecule has 7 nitrogen and oxygen atoms in total. The molecule has 0 atom stereocenters. The first-order chi connectivity index (χ1) is 8.80. The van der Waals surface area contributed by atoms with Gasteiger partial charge in [0.2, 0.25) is 5.82 Å². The van der Waals surface area contributed by atoms with Crippen molar-refractivity contribution < 1.29 is 18.7 Å². The fourth-order valence-electron chi connectivity index (χ4n) is 1.96. The highest BCUT2D eigenvalue weighted by atomic mass is 16.5. The molecule has 0 saturated carbocycles. The van der Waals surface area contributed by atoms with Gasteiger partial charge in [0.05, 0.1) is 6.61 Å². The van der Waals surface area contributed by atoms with Crippen LogP contribution in [-0.2, 0) is 26.4 Å². The van der Waals surface area contributed by atoms with E-state index >= 15 is 0 Å². The summed E-state index contributed by atoms with van der Waals surface area (Å²) < 4.78 is 21.3. The van der Waals surface area contributed by atoms with Crippen molar-refractivity contribution in [1.29, 1.82) is 0 Å². The van der Waals surface area contributed by atoms with Crippen molar-refractivity contribution in [3.63, 3.8) is 0 Å². The molecular weight excluding hydrogens is 238 g/mol. The van der Waals surface area contributed by atoms with E-state index in [1.54, 1.807) is 7.11 Å². The lowest BCUT2D eigenvalue weighted by Crippen LogP contribution is -2.36. The Morgan fingerprint density at radius 3 is 2.83 bits per heavy atom. The van der Waals surface area contributed by atoms with Crippen LogP contribution in [0.4, 0.5) is 0 Å². The lowest BCUT2D eigenvalue weighted by Gasteiger charge is -2.32. The summed E-state index contributed by atoms with van der Waals surface area (Å²) in [5, 5.41) is 3.98. The highest BCUT2D eigenvalue weighted by Gasteiger charge is 2.39. The maximum absolute atomic E-state index is 5.58. The van der Waals surface area contributed by atoms with Crippen LogP contribution in [0.1, 0.15) is 24.6 Å². The average Bonchev–Trinajstić information content (AvgIpc) is 2.89. The van der Waals surface area contributed by atoms with Gasteiger partial charge in [-0.1, -0.05) is 5.16 Å². The molecule has 7 heteroatoms. The van der Waals surface area contributed by atoms with Gasteiger partial charge in [-0.3, -0.25) is 0 Å². The molecule has 0 bridgehead atoms. The van der Waals surface area contributed by atoms with Gasteiger partial charge in [0.15, 0.2) is 0 Å². The topological polar surface area (TPSA) is 92.6 Å². The van der Waals surface area contributed by atoms with E-state index in [0.29, 0.717) is 38.1 Å². The molecule has 2 N–H and O–H groups in total. The lowest BCUT2D eigenvalue weighted by atomic mass is 9.93. The largest absolute Gasteiger partial charge is 0.381 e. The van der Waals surface area contributed by atoms with Crippen LogP contribution < -0.4 is 5.73 Å². The van der Waals surface area contributed by atoms with Gasteiger partial charge in [0.25, 0.3) is 5.89 Å². The molecule has 18 heavy (non-hydrogen) atoms. The van der Waals surface area contributed by atoms with Gasteiger partial charge in [-0.25, -0.2) is 0 Å². The molecule has 1 aromatic heterocycles. The van der Waals surface area contributed by atoms with Crippen LogP contribution in [0.2, 0.25) is 0 Å². The van der Waals surface area contributed by atoms with E-state index in [-0.39, 0.29) is 6.61 Å². The maximum atomic E-state index is 5.58. The third kappa shape index (κ3) is 2.86. The van der Waals surface area contributed by atoms with Crippen LogP contribution in [-0.4, -0.2) is 43.6 Å². The van der Waals surface area contributed by atoms with Crippen molar-refractivity contribution in [3.8, 4) is 0 Å². The summed E-state index contributed by atoms with van der Waals surface area (Å²) in [6.07, 6.45) is 1.46. The predicted octanol–water partition coefficient (Wildman–Crippen LogP) is 0.197. The van der Waals surface area contributed by atoms with E-state index in [2.05, 4.69) is 10.1 Å². The summed E-state index contributed by atoms with van der Waals surface area (Å²) in [6.45, 7) is 2.50. The number of aromatic nitrogens is 2. The molecule has 2 rings (SSSR count). The first-order valence-corrected chi connectivity index (χ1v) is 6.04. The Balaban J connectivity index is 2.02. The third-order valence-electron chi connectivity index (χ3n) is 3.05. The number of hydrogen-bond acceptors (Lipinski definition) is 7. The minimum atomic E-state index is -0.492. The number of nitrogens with zero attached hydrogens (tertiary/aromatic N) is 2. The average molecular weight is 257 g/mol. The third-order valence-corrected chi connectivity index (χ3v) is 3.05. The van der Waals surface area contributed by atoms with Gasteiger partial charge in [-0.2, -0.15) is 4.98 Å². The Morgan fingerprint density at radius 2 is 2.17 bits per heavy atom. The van der Waals surface area contributed by atoms with E-state index < -0.39 is 5.60 Å². The van der Waals surface area contributed by atoms with E-state index in [0.717, 1.165) is 12.8 Å². The molecular formula is C11H19N3O4. The summed E-state index contributed by atoms with van der Waals surface area (Å²) in [6, 6.07) is 0. The second-order valence-electron chi connectivity index (χ2n) is 4.16. The van der Waals surface area contributed by atoms with Crippen LogP contribution in [0, 0.1) is 0 Å². The van der Waals surface area contributed by atoms with E-state index in [1.807, 2.05) is 0 Å². The number of methoxy groups -OCH3 is 1. The van der Waals surface area contributed by atoms with Gasteiger partial charge >= 0.3 is 0 Å². The quantitative estimate of drug-likeness (QED) is 0.727. The van der Waals surface area contributed by atoms with Crippen LogP contribution in [0.3, 0.4) is 0 Å². The molecule has 0 aromatic carbocycles. The van der Waals surface area contributed by atoms with Crippen LogP contribution in [0.15, 0.2) is 4.52 Å². The first-order valence-electron chi connectivity index (χ1n) is 6.04. The van der Waals surface area contributed by atoms with Crippen molar-refractivity contribution >= 4 is 0 Å². The molecule has 1 saturated heterocycles. The highest BCUT2D eigenvalue weighted by molar-refractivity contribution is 5.02. The summed E-state index contributed by atoms with van der Waals surface area (Å²) >= 11 is 0. The van der Waals surface area contributed by atoms with Gasteiger partial charge < -0.3 is 24.5 Å². The predicted molar refractivity (Wildman–Crippen MR) is 61.7 cm³/mol. The molecule has 2 heterocycles. The summed E-state index contributed by atoms with van der Waals surface area (Å²) in [7, 11) is 1.66. The molecule has 0 spiro atoms. The van der Waals surface area contributed by atoms with Crippen LogP contribution in [0.25, 0.3) is 0 Å². The van der Waals surface area contributed by atoms with Crippen molar-refractivity contribution in [2.75, 3.05) is 33.5 Å². The Bertz CT molecular complexity index is 363. The van der Waals surface area contributed by atoms with Gasteiger partial charge in [-0.05, 0) is 0 Å². The smallest absolute Gasteiger partial charge is 0.252 e. The number of rotatable bonds is 6. The molecule has 102 valence electrons. The normalized spacial score (nSPS) is 19.0. The summed E-state index contributed by atoms with van der Waals surface area (Å²) in [5.41, 5.74) is 4.84. The molecule has 1 aliphatic rings. The monoisotopic (exact) mass is 257 g/mol. The van der Waals surface area contributed by atoms with Crippen molar-refractivity contribution in [2.24, 2.45) is 5.73 Å². The Hall–Kier alpha value is -1.02. The molecule has 0 amide bonds. The number of nitrogens with two attached hydrogens (primary N) is 1. The minimum absolute atomic E-state index is 0.278. The van der Waals surface area contributed by atoms with Crippen molar-refractivity contribution in [3.05, 3.63) is 11.7 Å².